The zero-order valence-corrected chi connectivity index (χ0v) is 18.8. The van der Waals surface area contributed by atoms with Crippen molar-refractivity contribution < 1.29 is 35.9 Å². The Morgan fingerprint density at radius 1 is 1.10 bits per heavy atom. The normalized spacial score (nSPS) is 13.9. The van der Waals surface area contributed by atoms with Gasteiger partial charge in [-0.15, -0.1) is 0 Å². The number of ether oxygens (including phenoxy) is 1. The fourth-order valence-corrected chi connectivity index (χ4v) is 4.11. The molecule has 0 radical (unpaired) electrons. The smallest absolute Gasteiger partial charge is 0.419 e. The van der Waals surface area contributed by atoms with Crippen LogP contribution in [0.3, 0.4) is 0 Å². The summed E-state index contributed by atoms with van der Waals surface area (Å²) >= 11 is 0. The molecule has 30 heavy (non-hydrogen) atoms. The third-order valence-electron chi connectivity index (χ3n) is 4.60. The summed E-state index contributed by atoms with van der Waals surface area (Å²) in [5, 5.41) is -2.05. The number of hydrogen-bond acceptors (Lipinski definition) is 3. The lowest BCUT2D eigenvalue weighted by Gasteiger charge is -2.28. The zero-order valence-electron chi connectivity index (χ0n) is 16.8. The first-order chi connectivity index (χ1) is 13.7. The molecule has 2 aromatic rings. The number of esters is 1. The molecule has 0 saturated heterocycles. The average molecular weight is 449 g/mol. The van der Waals surface area contributed by atoms with Gasteiger partial charge in [0.2, 0.25) is 0 Å². The molecule has 2 rings (SSSR count). The summed E-state index contributed by atoms with van der Waals surface area (Å²) in [6.07, 6.45) is -5.92. The summed E-state index contributed by atoms with van der Waals surface area (Å²) in [7, 11) is -0.286. The van der Waals surface area contributed by atoms with E-state index in [1.807, 2.05) is 0 Å². The van der Waals surface area contributed by atoms with E-state index in [1.165, 1.54) is 19.9 Å². The highest BCUT2D eigenvalue weighted by Gasteiger charge is 2.42. The summed E-state index contributed by atoms with van der Waals surface area (Å²) < 4.78 is 90.1. The maximum absolute atomic E-state index is 15.4. The van der Waals surface area contributed by atoms with Crippen LogP contribution in [0.2, 0.25) is 0 Å². The van der Waals surface area contributed by atoms with Crippen LogP contribution in [0.5, 0.6) is 0 Å². The number of aryl methyl sites for hydroxylation is 2. The van der Waals surface area contributed by atoms with E-state index in [9.17, 15) is 26.7 Å². The van der Waals surface area contributed by atoms with Crippen molar-refractivity contribution in [1.29, 1.82) is 0 Å². The lowest BCUT2D eigenvalue weighted by Crippen LogP contribution is -2.42. The molecule has 0 spiro atoms. The van der Waals surface area contributed by atoms with Gasteiger partial charge in [-0.25, -0.2) is 13.2 Å². The van der Waals surface area contributed by atoms with Crippen molar-refractivity contribution in [2.24, 2.45) is 5.73 Å². The Labute approximate surface area is 172 Å². The van der Waals surface area contributed by atoms with Crippen LogP contribution in [0.15, 0.2) is 18.2 Å². The van der Waals surface area contributed by atoms with E-state index in [2.05, 4.69) is 0 Å². The Morgan fingerprint density at radius 2 is 1.70 bits per heavy atom. The number of halogens is 6. The summed E-state index contributed by atoms with van der Waals surface area (Å²) in [4.78, 5) is 11.8. The zero-order chi connectivity index (χ0) is 23.0. The van der Waals surface area contributed by atoms with Crippen molar-refractivity contribution in [3.8, 4) is 11.1 Å². The number of carbonyl (C=O) groups excluding carboxylic acids is 1. The molecule has 0 fully saturated rings. The number of hydrogen-bond donors (Lipinski definition) is 1. The van der Waals surface area contributed by atoms with Crippen LogP contribution in [-0.2, 0) is 20.9 Å². The minimum absolute atomic E-state index is 0.0386. The van der Waals surface area contributed by atoms with Gasteiger partial charge in [0, 0.05) is 32.1 Å². The Hall–Kier alpha value is -2.33. The van der Waals surface area contributed by atoms with Crippen molar-refractivity contribution >= 4 is 16.2 Å². The highest BCUT2D eigenvalue weighted by atomic mass is 28.1. The predicted octanol–water partition coefficient (Wildman–Crippen LogP) is 3.84. The van der Waals surface area contributed by atoms with Gasteiger partial charge in [-0.3, -0.25) is 4.79 Å². The van der Waals surface area contributed by atoms with Crippen LogP contribution in [0, 0.1) is 31.3 Å². The predicted molar refractivity (Wildman–Crippen MR) is 103 cm³/mol. The molecule has 0 aliphatic carbocycles. The summed E-state index contributed by atoms with van der Waals surface area (Å²) in [5.74, 6) is -5.23. The van der Waals surface area contributed by atoms with E-state index < -0.39 is 63.4 Å². The average Bonchev–Trinajstić information content (AvgIpc) is 2.54. The molecular weight excluding hydrogens is 428 g/mol. The van der Waals surface area contributed by atoms with Crippen LogP contribution >= 0.6 is 0 Å². The molecule has 0 aliphatic heterocycles. The van der Waals surface area contributed by atoms with E-state index in [-0.39, 0.29) is 28.5 Å². The molecular formula is C20H21F6NO2Si. The van der Waals surface area contributed by atoms with E-state index in [4.69, 9.17) is 10.5 Å². The topological polar surface area (TPSA) is 52.3 Å². The molecule has 164 valence electrons. The van der Waals surface area contributed by atoms with Crippen LogP contribution in [-0.4, -0.2) is 22.8 Å². The molecule has 0 aromatic heterocycles. The summed E-state index contributed by atoms with van der Waals surface area (Å²) in [6, 6.07) is 2.73. The second kappa shape index (κ2) is 8.42. The fraction of sp³-hybridized carbons (Fsp3) is 0.350. The minimum atomic E-state index is -5.20. The lowest BCUT2D eigenvalue weighted by molar-refractivity contribution is -0.143. The summed E-state index contributed by atoms with van der Waals surface area (Å²) in [6.45, 7) is 4.42. The Balaban J connectivity index is 2.88. The fourth-order valence-electron chi connectivity index (χ4n) is 3.38. The van der Waals surface area contributed by atoms with Gasteiger partial charge >= 0.3 is 12.1 Å². The monoisotopic (exact) mass is 449 g/mol. The molecule has 10 heteroatoms. The number of rotatable bonds is 5. The number of nitrogens with two attached hydrogens (primary N) is 1. The molecule has 0 heterocycles. The second-order valence-corrected chi connectivity index (χ2v) is 9.09. The molecule has 0 aliphatic rings. The van der Waals surface area contributed by atoms with Gasteiger partial charge in [-0.1, -0.05) is 6.07 Å². The van der Waals surface area contributed by atoms with Crippen molar-refractivity contribution in [3.05, 3.63) is 57.9 Å². The molecule has 2 aromatic carbocycles. The largest absolute Gasteiger partial charge is 0.466 e. The van der Waals surface area contributed by atoms with E-state index in [1.54, 1.807) is 6.92 Å². The standard InChI is InChI=1S/C20H21F6NO2Si/c1-4-29-14(28)8-19(27,30)16-17(22)11(7-12(18(16)23)20(24,25)26)15-10(3)5-9(2)6-13(15)21/h5-7H,4,8,27H2,1-3,30H3/t19-/m0/s1. The Kier molecular flexibility index (Phi) is 6.72. The highest BCUT2D eigenvalue weighted by Crippen LogP contribution is 2.42. The van der Waals surface area contributed by atoms with Gasteiger partial charge in [0.15, 0.2) is 0 Å². The number of carbonyl (C=O) groups is 1. The van der Waals surface area contributed by atoms with Gasteiger partial charge < -0.3 is 10.5 Å². The number of benzene rings is 2. The molecule has 0 amide bonds. The Bertz CT molecular complexity index is 965. The van der Waals surface area contributed by atoms with Gasteiger partial charge in [-0.05, 0) is 44.0 Å². The number of alkyl halides is 3. The maximum atomic E-state index is 15.4. The van der Waals surface area contributed by atoms with Crippen molar-refractivity contribution in [3.63, 3.8) is 0 Å². The molecule has 0 bridgehead atoms. The first-order valence-electron chi connectivity index (χ1n) is 9.02. The third-order valence-corrected chi connectivity index (χ3v) is 5.45. The molecule has 0 unspecified atom stereocenters. The van der Waals surface area contributed by atoms with Gasteiger partial charge in [0.1, 0.15) is 17.5 Å². The quantitative estimate of drug-likeness (QED) is 0.429. The molecule has 2 N–H and O–H groups in total. The van der Waals surface area contributed by atoms with Gasteiger partial charge in [-0.2, -0.15) is 13.2 Å². The van der Waals surface area contributed by atoms with Crippen molar-refractivity contribution in [2.45, 2.75) is 38.5 Å². The van der Waals surface area contributed by atoms with E-state index in [0.717, 1.165) is 6.07 Å². The highest BCUT2D eigenvalue weighted by molar-refractivity contribution is 6.17. The molecule has 1 atom stereocenters. The van der Waals surface area contributed by atoms with Crippen LogP contribution < -0.4 is 5.73 Å². The Morgan fingerprint density at radius 3 is 2.20 bits per heavy atom. The van der Waals surface area contributed by atoms with E-state index in [0.29, 0.717) is 5.56 Å². The maximum Gasteiger partial charge on any atom is 0.419 e. The third kappa shape index (κ3) is 4.70. The first-order valence-corrected chi connectivity index (χ1v) is 10.0. The van der Waals surface area contributed by atoms with Crippen LogP contribution in [0.25, 0.3) is 11.1 Å². The first kappa shape index (κ1) is 23.9. The van der Waals surface area contributed by atoms with Gasteiger partial charge in [0.25, 0.3) is 0 Å². The van der Waals surface area contributed by atoms with E-state index >= 15 is 4.39 Å². The van der Waals surface area contributed by atoms with Crippen molar-refractivity contribution in [2.75, 3.05) is 6.61 Å². The molecule has 3 nitrogen and oxygen atoms in total. The van der Waals surface area contributed by atoms with Crippen LogP contribution in [0.4, 0.5) is 26.3 Å². The van der Waals surface area contributed by atoms with Gasteiger partial charge in [0.05, 0.1) is 18.6 Å². The van der Waals surface area contributed by atoms with Crippen LogP contribution in [0.1, 0.15) is 35.6 Å². The SMILES string of the molecule is CCOC(=O)C[C@](N)([SiH3])c1c(F)c(-c2c(C)cc(C)cc2F)cc(C(F)(F)F)c1F. The summed E-state index contributed by atoms with van der Waals surface area (Å²) in [5.41, 5.74) is 2.49. The molecule has 0 saturated carbocycles. The lowest BCUT2D eigenvalue weighted by atomic mass is 9.90. The second-order valence-electron chi connectivity index (χ2n) is 7.31. The minimum Gasteiger partial charge on any atom is -0.466 e. The van der Waals surface area contributed by atoms with Crippen molar-refractivity contribution in [1.82, 2.24) is 0 Å².